The Kier molecular flexibility index (Phi) is 4.20. The fourth-order valence-electron chi connectivity index (χ4n) is 2.37. The summed E-state index contributed by atoms with van der Waals surface area (Å²) in [7, 11) is -3.98. The smallest absolute Gasteiger partial charge is 0.265 e. The van der Waals surface area contributed by atoms with Crippen LogP contribution < -0.4 is 4.72 Å². The van der Waals surface area contributed by atoms with Crippen LogP contribution in [0.3, 0.4) is 0 Å². The van der Waals surface area contributed by atoms with Gasteiger partial charge < -0.3 is 10.1 Å². The van der Waals surface area contributed by atoms with Crippen molar-refractivity contribution in [3.8, 4) is 6.07 Å². The number of halogens is 1. The Morgan fingerprint density at radius 2 is 2.28 bits per heavy atom. The molecular formula is C15H14FN5O3S. The summed E-state index contributed by atoms with van der Waals surface area (Å²) in [5.74, 6) is -0.625. The van der Waals surface area contributed by atoms with Gasteiger partial charge in [-0.2, -0.15) is 10.4 Å². The maximum atomic E-state index is 13.9. The molecule has 0 radical (unpaired) electrons. The second kappa shape index (κ2) is 6.19. The predicted molar refractivity (Wildman–Crippen MR) is 87.8 cm³/mol. The fourth-order valence-corrected chi connectivity index (χ4v) is 3.38. The summed E-state index contributed by atoms with van der Waals surface area (Å²) in [5, 5.41) is 22.1. The number of nitrogens with zero attached hydrogens (tertiary/aromatic N) is 3. The molecule has 3 N–H and O–H groups in total. The van der Waals surface area contributed by atoms with Gasteiger partial charge in [-0.05, 0) is 19.1 Å². The molecular weight excluding hydrogens is 349 g/mol. The van der Waals surface area contributed by atoms with Gasteiger partial charge in [-0.25, -0.2) is 12.8 Å². The summed E-state index contributed by atoms with van der Waals surface area (Å²) < 4.78 is 42.7. The Hall–Kier alpha value is -2.90. The van der Waals surface area contributed by atoms with Gasteiger partial charge in [-0.3, -0.25) is 9.40 Å². The molecule has 0 aliphatic carbocycles. The molecule has 8 nitrogen and oxygen atoms in total. The molecule has 0 spiro atoms. The molecule has 0 fully saturated rings. The average molecular weight is 363 g/mol. The van der Waals surface area contributed by atoms with Crippen molar-refractivity contribution in [2.45, 2.75) is 17.9 Å². The van der Waals surface area contributed by atoms with Gasteiger partial charge in [0.2, 0.25) is 0 Å². The number of aromatic amines is 1. The Morgan fingerprint density at radius 3 is 2.96 bits per heavy atom. The minimum absolute atomic E-state index is 0.0206. The first-order valence-electron chi connectivity index (χ1n) is 7.25. The highest BCUT2D eigenvalue weighted by molar-refractivity contribution is 7.92. The molecule has 0 aliphatic rings. The zero-order chi connectivity index (χ0) is 18.2. The first-order chi connectivity index (χ1) is 11.9. The van der Waals surface area contributed by atoms with Crippen molar-refractivity contribution in [2.75, 3.05) is 11.3 Å². The maximum absolute atomic E-state index is 13.9. The van der Waals surface area contributed by atoms with Gasteiger partial charge in [-0.1, -0.05) is 0 Å². The van der Waals surface area contributed by atoms with Crippen molar-refractivity contribution in [1.82, 2.24) is 14.8 Å². The Bertz CT molecular complexity index is 1080. The predicted octanol–water partition coefficient (Wildman–Crippen LogP) is 1.73. The van der Waals surface area contributed by atoms with Gasteiger partial charge in [0.25, 0.3) is 10.0 Å². The van der Waals surface area contributed by atoms with Crippen molar-refractivity contribution in [3.05, 3.63) is 42.1 Å². The molecule has 3 aromatic rings. The molecule has 1 aromatic carbocycles. The van der Waals surface area contributed by atoms with E-state index in [0.29, 0.717) is 0 Å². The number of fused-ring (bicyclic) bond motifs is 1. The van der Waals surface area contributed by atoms with Crippen LogP contribution in [-0.4, -0.2) is 34.9 Å². The van der Waals surface area contributed by atoms with Crippen LogP contribution in [0.5, 0.6) is 0 Å². The summed E-state index contributed by atoms with van der Waals surface area (Å²) in [5.41, 5.74) is 0.371. The number of hydrogen-bond donors (Lipinski definition) is 3. The molecule has 1 atom stereocenters. The lowest BCUT2D eigenvalue weighted by molar-refractivity contribution is 0.229. The van der Waals surface area contributed by atoms with Crippen molar-refractivity contribution >= 4 is 26.6 Å². The summed E-state index contributed by atoms with van der Waals surface area (Å²) in [6, 6.07) is 3.84. The van der Waals surface area contributed by atoms with Crippen molar-refractivity contribution in [1.29, 1.82) is 5.26 Å². The molecule has 25 heavy (non-hydrogen) atoms. The van der Waals surface area contributed by atoms with Crippen LogP contribution in [0.15, 0.2) is 35.6 Å². The summed E-state index contributed by atoms with van der Waals surface area (Å²) >= 11 is 0. The number of anilines is 1. The Labute approximate surface area is 142 Å². The van der Waals surface area contributed by atoms with Crippen LogP contribution in [-0.2, 0) is 10.0 Å². The first-order valence-corrected chi connectivity index (χ1v) is 8.73. The van der Waals surface area contributed by atoms with E-state index in [1.54, 1.807) is 6.92 Å². The molecule has 0 aliphatic heterocycles. The van der Waals surface area contributed by atoms with E-state index in [4.69, 9.17) is 10.4 Å². The van der Waals surface area contributed by atoms with Crippen LogP contribution >= 0.6 is 0 Å². The van der Waals surface area contributed by atoms with Crippen LogP contribution in [0.25, 0.3) is 10.9 Å². The lowest BCUT2D eigenvalue weighted by Gasteiger charge is -2.09. The highest BCUT2D eigenvalue weighted by atomic mass is 32.2. The number of hydrogen-bond acceptors (Lipinski definition) is 5. The van der Waals surface area contributed by atoms with E-state index < -0.39 is 15.8 Å². The molecule has 0 saturated heterocycles. The van der Waals surface area contributed by atoms with E-state index in [1.165, 1.54) is 23.1 Å². The minimum atomic E-state index is -3.98. The number of H-pyrrole nitrogens is 1. The molecule has 0 bridgehead atoms. The SMILES string of the molecule is C[C@@H](CO)n1cc(S(=O)(=O)Nc2ccc(F)c3c(C#N)c[nH]c23)cn1. The standard InChI is InChI=1S/C15H14FN5O3S/c1-9(8-22)21-7-11(6-19-21)25(23,24)20-13-3-2-12(16)14-10(4-17)5-18-15(13)14/h2-3,5-7,9,18,20,22H,8H2,1H3/t9-/m0/s1. The van der Waals surface area contributed by atoms with Gasteiger partial charge in [0.1, 0.15) is 16.8 Å². The van der Waals surface area contributed by atoms with Gasteiger partial charge >= 0.3 is 0 Å². The van der Waals surface area contributed by atoms with Gasteiger partial charge in [0.05, 0.1) is 41.0 Å². The average Bonchev–Trinajstić information content (AvgIpc) is 3.24. The van der Waals surface area contributed by atoms with Crippen molar-refractivity contribution in [2.24, 2.45) is 0 Å². The summed E-state index contributed by atoms with van der Waals surface area (Å²) in [6.07, 6.45) is 3.76. The maximum Gasteiger partial charge on any atom is 0.265 e. The number of rotatable bonds is 5. The van der Waals surface area contributed by atoms with Crippen LogP contribution in [0.2, 0.25) is 0 Å². The molecule has 130 valence electrons. The van der Waals surface area contributed by atoms with E-state index in [-0.39, 0.29) is 39.7 Å². The van der Waals surface area contributed by atoms with Gasteiger partial charge in [0.15, 0.2) is 0 Å². The van der Waals surface area contributed by atoms with E-state index in [0.717, 1.165) is 12.3 Å². The number of sulfonamides is 1. The van der Waals surface area contributed by atoms with E-state index in [1.807, 2.05) is 6.07 Å². The molecule has 0 unspecified atom stereocenters. The van der Waals surface area contributed by atoms with Crippen molar-refractivity contribution < 1.29 is 17.9 Å². The number of benzene rings is 1. The van der Waals surface area contributed by atoms with E-state index >= 15 is 0 Å². The van der Waals surface area contributed by atoms with Crippen LogP contribution in [0, 0.1) is 17.1 Å². The molecule has 0 amide bonds. The van der Waals surface area contributed by atoms with Crippen LogP contribution in [0.4, 0.5) is 10.1 Å². The third-order valence-electron chi connectivity index (χ3n) is 3.75. The molecule has 0 saturated carbocycles. The number of aliphatic hydroxyl groups is 1. The lowest BCUT2D eigenvalue weighted by atomic mass is 10.1. The van der Waals surface area contributed by atoms with Crippen LogP contribution in [0.1, 0.15) is 18.5 Å². The molecule has 2 aromatic heterocycles. The second-order valence-electron chi connectivity index (χ2n) is 5.45. The molecule has 2 heterocycles. The third kappa shape index (κ3) is 2.95. The number of aromatic nitrogens is 3. The molecule has 10 heteroatoms. The summed E-state index contributed by atoms with van der Waals surface area (Å²) in [4.78, 5) is 2.61. The third-order valence-corrected chi connectivity index (χ3v) is 5.07. The van der Waals surface area contributed by atoms with Gasteiger partial charge in [-0.15, -0.1) is 0 Å². The number of aliphatic hydroxyl groups excluding tert-OH is 1. The normalized spacial score (nSPS) is 12.9. The zero-order valence-electron chi connectivity index (χ0n) is 13.1. The van der Waals surface area contributed by atoms with E-state index in [2.05, 4.69) is 14.8 Å². The molecule has 3 rings (SSSR count). The minimum Gasteiger partial charge on any atom is -0.394 e. The second-order valence-corrected chi connectivity index (χ2v) is 7.13. The summed E-state index contributed by atoms with van der Waals surface area (Å²) in [6.45, 7) is 1.50. The van der Waals surface area contributed by atoms with Gasteiger partial charge in [0, 0.05) is 12.4 Å². The van der Waals surface area contributed by atoms with E-state index in [9.17, 15) is 12.8 Å². The first kappa shape index (κ1) is 16.9. The highest BCUT2D eigenvalue weighted by Crippen LogP contribution is 2.29. The number of nitriles is 1. The lowest BCUT2D eigenvalue weighted by Crippen LogP contribution is -2.13. The monoisotopic (exact) mass is 363 g/mol. The number of nitrogens with one attached hydrogen (secondary N) is 2. The quantitative estimate of drug-likeness (QED) is 0.637. The fraction of sp³-hybridized carbons (Fsp3) is 0.200. The Balaban J connectivity index is 2.01. The zero-order valence-corrected chi connectivity index (χ0v) is 13.9. The highest BCUT2D eigenvalue weighted by Gasteiger charge is 2.21. The Morgan fingerprint density at radius 1 is 1.52 bits per heavy atom. The topological polar surface area (TPSA) is 124 Å². The largest absolute Gasteiger partial charge is 0.394 e. The van der Waals surface area contributed by atoms with Crippen molar-refractivity contribution in [3.63, 3.8) is 0 Å².